The highest BCUT2D eigenvalue weighted by atomic mass is 19.4. The van der Waals surface area contributed by atoms with Gasteiger partial charge in [-0.05, 0) is 36.2 Å². The molecule has 0 aliphatic heterocycles. The Kier molecular flexibility index (Phi) is 4.09. The molecule has 2 nitrogen and oxygen atoms in total. The highest BCUT2D eigenvalue weighted by Crippen LogP contribution is 2.29. The Bertz CT molecular complexity index is 561. The van der Waals surface area contributed by atoms with E-state index in [2.05, 4.69) is 4.98 Å². The second-order valence-corrected chi connectivity index (χ2v) is 4.65. The first kappa shape index (κ1) is 14.5. The van der Waals surface area contributed by atoms with Gasteiger partial charge in [-0.1, -0.05) is 18.2 Å². The molecule has 0 fully saturated rings. The lowest BCUT2D eigenvalue weighted by Crippen LogP contribution is -2.06. The number of aryl methyl sites for hydroxylation is 1. The van der Waals surface area contributed by atoms with Gasteiger partial charge in [0, 0.05) is 18.3 Å². The molecule has 1 atom stereocenters. The van der Waals surface area contributed by atoms with E-state index in [0.717, 1.165) is 17.8 Å². The van der Waals surface area contributed by atoms with Crippen molar-refractivity contribution in [2.75, 3.05) is 0 Å². The first-order valence-electron chi connectivity index (χ1n) is 6.13. The summed E-state index contributed by atoms with van der Waals surface area (Å²) < 4.78 is 37.3. The van der Waals surface area contributed by atoms with Gasteiger partial charge < -0.3 is 5.11 Å². The van der Waals surface area contributed by atoms with Gasteiger partial charge in [0.1, 0.15) is 0 Å². The van der Waals surface area contributed by atoms with Gasteiger partial charge in [0.05, 0.1) is 11.7 Å². The van der Waals surface area contributed by atoms with Gasteiger partial charge in [-0.3, -0.25) is 4.98 Å². The fourth-order valence-electron chi connectivity index (χ4n) is 1.85. The summed E-state index contributed by atoms with van der Waals surface area (Å²) in [5.74, 6) is 0. The van der Waals surface area contributed by atoms with Crippen LogP contribution in [0.25, 0.3) is 0 Å². The van der Waals surface area contributed by atoms with Crippen LogP contribution in [0.15, 0.2) is 42.6 Å². The summed E-state index contributed by atoms with van der Waals surface area (Å²) in [5, 5.41) is 10.0. The number of aliphatic hydroxyl groups is 1. The van der Waals surface area contributed by atoms with Crippen LogP contribution in [0.1, 0.15) is 28.5 Å². The van der Waals surface area contributed by atoms with Crippen molar-refractivity contribution in [2.45, 2.75) is 25.6 Å². The summed E-state index contributed by atoms with van der Waals surface area (Å²) in [4.78, 5) is 4.08. The number of nitrogens with zero attached hydrogens (tertiary/aromatic N) is 1. The minimum Gasteiger partial charge on any atom is -0.388 e. The third-order valence-corrected chi connectivity index (χ3v) is 3.03. The smallest absolute Gasteiger partial charge is 0.388 e. The number of hydrogen-bond donors (Lipinski definition) is 1. The Hall–Kier alpha value is -1.88. The maximum absolute atomic E-state index is 12.4. The minimum absolute atomic E-state index is 0.253. The van der Waals surface area contributed by atoms with Crippen molar-refractivity contribution >= 4 is 0 Å². The standard InChI is InChI=1S/C15H14F3NO/c1-10-2-5-12(9-19-10)14(20)8-11-3-6-13(7-4-11)15(16,17)18/h2-7,9,14,20H,8H2,1H3. The molecule has 106 valence electrons. The summed E-state index contributed by atoms with van der Waals surface area (Å²) in [7, 11) is 0. The number of benzene rings is 1. The molecule has 1 aromatic carbocycles. The Morgan fingerprint density at radius 2 is 1.75 bits per heavy atom. The Morgan fingerprint density at radius 3 is 2.25 bits per heavy atom. The maximum Gasteiger partial charge on any atom is 0.416 e. The minimum atomic E-state index is -4.34. The van der Waals surface area contributed by atoms with Gasteiger partial charge in [-0.15, -0.1) is 0 Å². The zero-order valence-electron chi connectivity index (χ0n) is 10.9. The molecule has 0 saturated heterocycles. The van der Waals surface area contributed by atoms with E-state index in [9.17, 15) is 18.3 Å². The average molecular weight is 281 g/mol. The SMILES string of the molecule is Cc1ccc(C(O)Cc2ccc(C(F)(F)F)cc2)cn1. The third kappa shape index (κ3) is 3.57. The van der Waals surface area contributed by atoms with E-state index in [4.69, 9.17) is 0 Å². The van der Waals surface area contributed by atoms with Gasteiger partial charge in [-0.25, -0.2) is 0 Å². The van der Waals surface area contributed by atoms with Gasteiger partial charge >= 0.3 is 6.18 Å². The van der Waals surface area contributed by atoms with E-state index in [1.165, 1.54) is 12.1 Å². The summed E-state index contributed by atoms with van der Waals surface area (Å²) in [6, 6.07) is 8.36. The van der Waals surface area contributed by atoms with Gasteiger partial charge in [0.2, 0.25) is 0 Å². The molecule has 0 spiro atoms. The number of halogens is 3. The number of rotatable bonds is 3. The number of hydrogen-bond acceptors (Lipinski definition) is 2. The van der Waals surface area contributed by atoms with Crippen LogP contribution >= 0.6 is 0 Å². The summed E-state index contributed by atoms with van der Waals surface area (Å²) in [6.45, 7) is 1.84. The molecule has 1 unspecified atom stereocenters. The number of alkyl halides is 3. The monoisotopic (exact) mass is 281 g/mol. The van der Waals surface area contributed by atoms with Crippen molar-refractivity contribution in [2.24, 2.45) is 0 Å². The third-order valence-electron chi connectivity index (χ3n) is 3.03. The lowest BCUT2D eigenvalue weighted by Gasteiger charge is -2.12. The van der Waals surface area contributed by atoms with Crippen LogP contribution in [-0.2, 0) is 12.6 Å². The molecular formula is C15H14F3NO. The Morgan fingerprint density at radius 1 is 1.10 bits per heavy atom. The van der Waals surface area contributed by atoms with Crippen LogP contribution < -0.4 is 0 Å². The lowest BCUT2D eigenvalue weighted by molar-refractivity contribution is -0.137. The molecule has 0 radical (unpaired) electrons. The number of pyridine rings is 1. The van der Waals surface area contributed by atoms with E-state index in [0.29, 0.717) is 11.1 Å². The molecule has 0 aliphatic rings. The molecule has 1 N–H and O–H groups in total. The van der Waals surface area contributed by atoms with Crippen molar-refractivity contribution < 1.29 is 18.3 Å². The fraction of sp³-hybridized carbons (Fsp3) is 0.267. The van der Waals surface area contributed by atoms with E-state index in [1.807, 2.05) is 6.92 Å². The Balaban J connectivity index is 2.08. The summed E-state index contributed by atoms with van der Waals surface area (Å²) in [6.07, 6.45) is -3.29. The predicted molar refractivity (Wildman–Crippen MR) is 69.1 cm³/mol. The highest BCUT2D eigenvalue weighted by molar-refractivity contribution is 5.26. The zero-order chi connectivity index (χ0) is 14.8. The van der Waals surface area contributed by atoms with Crippen molar-refractivity contribution in [1.29, 1.82) is 0 Å². The molecule has 2 aromatic rings. The zero-order valence-corrected chi connectivity index (χ0v) is 10.9. The molecule has 2 rings (SSSR count). The van der Waals surface area contributed by atoms with Crippen LogP contribution in [0.3, 0.4) is 0 Å². The molecule has 20 heavy (non-hydrogen) atoms. The van der Waals surface area contributed by atoms with Crippen LogP contribution in [0.2, 0.25) is 0 Å². The largest absolute Gasteiger partial charge is 0.416 e. The summed E-state index contributed by atoms with van der Waals surface area (Å²) >= 11 is 0. The predicted octanol–water partition coefficient (Wildman–Crippen LogP) is 3.68. The molecular weight excluding hydrogens is 267 g/mol. The van der Waals surface area contributed by atoms with Crippen LogP contribution in [0.5, 0.6) is 0 Å². The number of aromatic nitrogens is 1. The molecule has 0 amide bonds. The molecule has 0 aliphatic carbocycles. The molecule has 5 heteroatoms. The van der Waals surface area contributed by atoms with Gasteiger partial charge in [-0.2, -0.15) is 13.2 Å². The van der Waals surface area contributed by atoms with Crippen LogP contribution in [-0.4, -0.2) is 10.1 Å². The van der Waals surface area contributed by atoms with Crippen molar-refractivity contribution in [3.8, 4) is 0 Å². The van der Waals surface area contributed by atoms with E-state index in [1.54, 1.807) is 18.3 Å². The van der Waals surface area contributed by atoms with E-state index in [-0.39, 0.29) is 6.42 Å². The lowest BCUT2D eigenvalue weighted by atomic mass is 10.0. The second kappa shape index (κ2) is 5.63. The van der Waals surface area contributed by atoms with Crippen LogP contribution in [0.4, 0.5) is 13.2 Å². The average Bonchev–Trinajstić information content (AvgIpc) is 2.39. The Labute approximate surface area is 114 Å². The van der Waals surface area contributed by atoms with E-state index < -0.39 is 17.8 Å². The van der Waals surface area contributed by atoms with Gasteiger partial charge in [0.25, 0.3) is 0 Å². The molecule has 1 heterocycles. The van der Waals surface area contributed by atoms with Gasteiger partial charge in [0.15, 0.2) is 0 Å². The van der Waals surface area contributed by atoms with Crippen molar-refractivity contribution in [3.05, 3.63) is 65.0 Å². The first-order valence-corrected chi connectivity index (χ1v) is 6.13. The molecule has 0 saturated carbocycles. The molecule has 0 bridgehead atoms. The van der Waals surface area contributed by atoms with Crippen LogP contribution in [0, 0.1) is 6.92 Å². The van der Waals surface area contributed by atoms with Crippen molar-refractivity contribution in [3.63, 3.8) is 0 Å². The first-order chi connectivity index (χ1) is 9.36. The highest BCUT2D eigenvalue weighted by Gasteiger charge is 2.29. The topological polar surface area (TPSA) is 33.1 Å². The normalized spacial score (nSPS) is 13.2. The molecule has 1 aromatic heterocycles. The maximum atomic E-state index is 12.4. The number of aliphatic hydroxyl groups excluding tert-OH is 1. The summed E-state index contributed by atoms with van der Waals surface area (Å²) in [5.41, 5.74) is 1.45. The quantitative estimate of drug-likeness (QED) is 0.930. The van der Waals surface area contributed by atoms with E-state index >= 15 is 0 Å². The second-order valence-electron chi connectivity index (χ2n) is 4.65. The fourth-order valence-corrected chi connectivity index (χ4v) is 1.85. The van der Waals surface area contributed by atoms with Crippen molar-refractivity contribution in [1.82, 2.24) is 4.98 Å².